The van der Waals surface area contributed by atoms with Gasteiger partial charge in [-0.3, -0.25) is 9.56 Å². The first-order valence-corrected chi connectivity index (χ1v) is 8.23. The molecule has 0 bridgehead atoms. The normalized spacial score (nSPS) is 17.6. The van der Waals surface area contributed by atoms with Gasteiger partial charge in [-0.25, -0.2) is 4.98 Å². The largest absolute Gasteiger partial charge is 0.372 e. The number of nitrogens with zero attached hydrogens (tertiary/aromatic N) is 4. The quantitative estimate of drug-likeness (QED) is 0.674. The molecule has 1 N–H and O–H groups in total. The smallest absolute Gasteiger partial charge is 0.319 e. The van der Waals surface area contributed by atoms with Gasteiger partial charge in [-0.1, -0.05) is 0 Å². The predicted molar refractivity (Wildman–Crippen MR) is 89.1 cm³/mol. The number of halogens is 2. The average molecular weight is 343 g/mol. The Labute approximate surface area is 141 Å². The number of likely N-dealkylation sites (tertiary alicyclic amines) is 1. The zero-order valence-corrected chi connectivity index (χ0v) is 14.8. The van der Waals surface area contributed by atoms with Crippen LogP contribution in [0, 0.1) is 0 Å². The van der Waals surface area contributed by atoms with E-state index in [-0.39, 0.29) is 24.1 Å². The van der Waals surface area contributed by atoms with E-state index in [1.807, 2.05) is 0 Å². The van der Waals surface area contributed by atoms with E-state index < -0.39 is 6.55 Å². The number of guanidine groups is 1. The maximum atomic E-state index is 12.8. The van der Waals surface area contributed by atoms with Crippen LogP contribution in [0.25, 0.3) is 0 Å². The Morgan fingerprint density at radius 1 is 1.42 bits per heavy atom. The van der Waals surface area contributed by atoms with Crippen LogP contribution in [0.4, 0.5) is 8.78 Å². The van der Waals surface area contributed by atoms with E-state index >= 15 is 0 Å². The van der Waals surface area contributed by atoms with Gasteiger partial charge in [0.15, 0.2) is 5.96 Å². The van der Waals surface area contributed by atoms with Crippen LogP contribution in [0.3, 0.4) is 0 Å². The minimum absolute atomic E-state index is 0.140. The van der Waals surface area contributed by atoms with Gasteiger partial charge < -0.3 is 15.0 Å². The molecular formula is C16H27F2N5O. The second-order valence-corrected chi connectivity index (χ2v) is 6.85. The van der Waals surface area contributed by atoms with Gasteiger partial charge in [0.05, 0.1) is 18.2 Å². The van der Waals surface area contributed by atoms with Crippen LogP contribution in [0.15, 0.2) is 17.4 Å². The molecule has 0 aromatic carbocycles. The molecule has 0 saturated carbocycles. The summed E-state index contributed by atoms with van der Waals surface area (Å²) in [6.07, 6.45) is 4.74. The highest BCUT2D eigenvalue weighted by Gasteiger charge is 2.25. The molecule has 0 amide bonds. The third-order valence-electron chi connectivity index (χ3n) is 3.84. The molecule has 6 nitrogen and oxygen atoms in total. The Morgan fingerprint density at radius 3 is 2.62 bits per heavy atom. The van der Waals surface area contributed by atoms with E-state index in [0.717, 1.165) is 30.5 Å². The number of hydrogen-bond donors (Lipinski definition) is 1. The third kappa shape index (κ3) is 5.15. The Hall–Kier alpha value is -1.70. The Bertz CT molecular complexity index is 545. The van der Waals surface area contributed by atoms with E-state index in [0.29, 0.717) is 5.96 Å². The molecule has 1 aromatic rings. The summed E-state index contributed by atoms with van der Waals surface area (Å²) >= 11 is 0. The molecule has 0 atom stereocenters. The summed E-state index contributed by atoms with van der Waals surface area (Å²) < 4.78 is 32.6. The van der Waals surface area contributed by atoms with E-state index in [2.05, 4.69) is 41.0 Å². The molecule has 0 radical (unpaired) electrons. The molecule has 136 valence electrons. The Kier molecular flexibility index (Phi) is 6.15. The van der Waals surface area contributed by atoms with Crippen molar-refractivity contribution in [1.29, 1.82) is 0 Å². The predicted octanol–water partition coefficient (Wildman–Crippen LogP) is 2.63. The first-order chi connectivity index (χ1) is 11.3. The van der Waals surface area contributed by atoms with Crippen molar-refractivity contribution in [2.45, 2.75) is 58.4 Å². The summed E-state index contributed by atoms with van der Waals surface area (Å²) in [6, 6.07) is 0. The molecule has 1 aliphatic heterocycles. The van der Waals surface area contributed by atoms with Crippen LogP contribution in [-0.2, 0) is 11.3 Å². The molecule has 0 unspecified atom stereocenters. The number of hydrogen-bond acceptors (Lipinski definition) is 3. The molecule has 2 heterocycles. The summed E-state index contributed by atoms with van der Waals surface area (Å²) in [7, 11) is 1.69. The molecule has 1 aliphatic rings. The lowest BCUT2D eigenvalue weighted by Crippen LogP contribution is -2.47. The SMILES string of the molecule is CN=C(NCc1nccn1C(F)F)N1CCC(OC(C)(C)C)CC1. The van der Waals surface area contributed by atoms with Crippen molar-refractivity contribution in [2.75, 3.05) is 20.1 Å². The van der Waals surface area contributed by atoms with Crippen LogP contribution < -0.4 is 5.32 Å². The second kappa shape index (κ2) is 7.92. The van der Waals surface area contributed by atoms with Gasteiger partial charge in [0.2, 0.25) is 0 Å². The maximum Gasteiger partial charge on any atom is 0.319 e. The van der Waals surface area contributed by atoms with Gasteiger partial charge >= 0.3 is 6.55 Å². The Balaban J connectivity index is 1.86. The molecule has 8 heteroatoms. The topological polar surface area (TPSA) is 54.7 Å². The highest BCUT2D eigenvalue weighted by molar-refractivity contribution is 5.79. The lowest BCUT2D eigenvalue weighted by atomic mass is 10.1. The van der Waals surface area contributed by atoms with Gasteiger partial charge in [-0.2, -0.15) is 8.78 Å². The summed E-state index contributed by atoms with van der Waals surface area (Å²) in [5.41, 5.74) is -0.140. The number of aliphatic imine (C=N–C) groups is 1. The minimum atomic E-state index is -2.59. The number of imidazole rings is 1. The van der Waals surface area contributed by atoms with Crippen LogP contribution in [0.1, 0.15) is 46.0 Å². The second-order valence-electron chi connectivity index (χ2n) is 6.85. The molecule has 1 fully saturated rings. The van der Waals surface area contributed by atoms with Crippen molar-refractivity contribution >= 4 is 5.96 Å². The van der Waals surface area contributed by atoms with Gasteiger partial charge in [0.1, 0.15) is 5.82 Å². The molecule has 0 aliphatic carbocycles. The van der Waals surface area contributed by atoms with Crippen molar-refractivity contribution in [3.63, 3.8) is 0 Å². The lowest BCUT2D eigenvalue weighted by molar-refractivity contribution is -0.0773. The summed E-state index contributed by atoms with van der Waals surface area (Å²) in [6.45, 7) is 5.45. The first kappa shape index (κ1) is 18.6. The van der Waals surface area contributed by atoms with E-state index in [1.54, 1.807) is 7.05 Å². The number of ether oxygens (including phenoxy) is 1. The fourth-order valence-electron chi connectivity index (χ4n) is 2.83. The van der Waals surface area contributed by atoms with Crippen LogP contribution in [-0.4, -0.2) is 52.3 Å². The molecule has 2 rings (SSSR count). The fourth-order valence-corrected chi connectivity index (χ4v) is 2.83. The fraction of sp³-hybridized carbons (Fsp3) is 0.750. The molecule has 1 aromatic heterocycles. The van der Waals surface area contributed by atoms with Crippen LogP contribution in [0.5, 0.6) is 0 Å². The molecule has 1 saturated heterocycles. The number of piperidine rings is 1. The molecule has 24 heavy (non-hydrogen) atoms. The first-order valence-electron chi connectivity index (χ1n) is 8.23. The highest BCUT2D eigenvalue weighted by Crippen LogP contribution is 2.20. The number of alkyl halides is 2. The van der Waals surface area contributed by atoms with Crippen molar-refractivity contribution in [3.8, 4) is 0 Å². The van der Waals surface area contributed by atoms with Crippen LogP contribution in [0.2, 0.25) is 0 Å². The van der Waals surface area contributed by atoms with Crippen molar-refractivity contribution in [2.24, 2.45) is 4.99 Å². The van der Waals surface area contributed by atoms with Crippen molar-refractivity contribution in [1.82, 2.24) is 19.8 Å². The maximum absolute atomic E-state index is 12.8. The Morgan fingerprint density at radius 2 is 2.08 bits per heavy atom. The minimum Gasteiger partial charge on any atom is -0.372 e. The van der Waals surface area contributed by atoms with Gasteiger partial charge in [0.25, 0.3) is 0 Å². The van der Waals surface area contributed by atoms with Crippen molar-refractivity contribution in [3.05, 3.63) is 18.2 Å². The highest BCUT2D eigenvalue weighted by atomic mass is 19.3. The standard InChI is InChI=1S/C16H27F2N5O/c1-16(2,3)24-12-5-8-22(9-6-12)15(19-4)21-11-13-20-7-10-23(13)14(17)18/h7,10,12,14H,5-6,8-9,11H2,1-4H3,(H,19,21). The van der Waals surface area contributed by atoms with Gasteiger partial charge in [0, 0.05) is 32.5 Å². The molecule has 0 spiro atoms. The van der Waals surface area contributed by atoms with Gasteiger partial charge in [-0.15, -0.1) is 0 Å². The summed E-state index contributed by atoms with van der Waals surface area (Å²) in [4.78, 5) is 10.3. The number of nitrogens with one attached hydrogen (secondary N) is 1. The summed E-state index contributed by atoms with van der Waals surface area (Å²) in [5.74, 6) is 0.991. The number of aromatic nitrogens is 2. The monoisotopic (exact) mass is 343 g/mol. The zero-order chi connectivity index (χ0) is 17.7. The van der Waals surface area contributed by atoms with E-state index in [4.69, 9.17) is 4.74 Å². The lowest BCUT2D eigenvalue weighted by Gasteiger charge is -2.36. The van der Waals surface area contributed by atoms with Crippen molar-refractivity contribution < 1.29 is 13.5 Å². The molecular weight excluding hydrogens is 316 g/mol. The van der Waals surface area contributed by atoms with Crippen LogP contribution >= 0.6 is 0 Å². The number of rotatable bonds is 4. The van der Waals surface area contributed by atoms with Gasteiger partial charge in [-0.05, 0) is 33.6 Å². The summed E-state index contributed by atoms with van der Waals surface area (Å²) in [5, 5.41) is 3.12. The average Bonchev–Trinajstić information content (AvgIpc) is 2.96. The van der Waals surface area contributed by atoms with E-state index in [1.165, 1.54) is 12.4 Å². The third-order valence-corrected chi connectivity index (χ3v) is 3.84. The van der Waals surface area contributed by atoms with E-state index in [9.17, 15) is 8.78 Å². The zero-order valence-electron chi connectivity index (χ0n) is 14.8.